The van der Waals surface area contributed by atoms with E-state index in [-0.39, 0.29) is 6.61 Å². The Balaban J connectivity index is 1.64. The number of guanidine groups is 1. The molecule has 0 aliphatic carbocycles. The monoisotopic (exact) mass is 398 g/mol. The number of aliphatic imine (C=N–C) groups is 1. The molecule has 9 heteroatoms. The molecular formula is C20H20F2N6O. The predicted octanol–water partition coefficient (Wildman–Crippen LogP) is 2.24. The number of imidazole rings is 1. The van der Waals surface area contributed by atoms with Crippen LogP contribution in [0.15, 0.2) is 47.5 Å². The van der Waals surface area contributed by atoms with Gasteiger partial charge in [-0.05, 0) is 30.7 Å². The number of aliphatic hydroxyl groups is 1. The fourth-order valence-corrected chi connectivity index (χ4v) is 3.88. The average molecular weight is 398 g/mol. The molecule has 0 spiro atoms. The van der Waals surface area contributed by atoms with Crippen LogP contribution in [0.3, 0.4) is 0 Å². The third kappa shape index (κ3) is 3.02. The molecule has 150 valence electrons. The van der Waals surface area contributed by atoms with E-state index in [0.717, 1.165) is 17.1 Å². The van der Waals surface area contributed by atoms with Crippen molar-refractivity contribution < 1.29 is 13.9 Å². The Kier molecular flexibility index (Phi) is 4.40. The Morgan fingerprint density at radius 2 is 2.03 bits per heavy atom. The third-order valence-corrected chi connectivity index (χ3v) is 5.25. The van der Waals surface area contributed by atoms with Gasteiger partial charge >= 0.3 is 0 Å². The van der Waals surface area contributed by atoms with Gasteiger partial charge in [0.15, 0.2) is 0 Å². The number of hydrogen-bond acceptors (Lipinski definition) is 6. The maximum Gasteiger partial charge on any atom is 0.216 e. The van der Waals surface area contributed by atoms with E-state index < -0.39 is 17.8 Å². The molecule has 0 saturated carbocycles. The lowest BCUT2D eigenvalue weighted by Gasteiger charge is -2.41. The van der Waals surface area contributed by atoms with Crippen LogP contribution in [0, 0.1) is 11.6 Å². The molecule has 0 bridgehead atoms. The van der Waals surface area contributed by atoms with E-state index in [0.29, 0.717) is 43.8 Å². The van der Waals surface area contributed by atoms with Crippen molar-refractivity contribution in [3.63, 3.8) is 0 Å². The second-order valence-corrected chi connectivity index (χ2v) is 7.15. The summed E-state index contributed by atoms with van der Waals surface area (Å²) in [7, 11) is 0. The van der Waals surface area contributed by atoms with E-state index in [2.05, 4.69) is 15.2 Å². The second-order valence-electron chi connectivity index (χ2n) is 7.15. The van der Waals surface area contributed by atoms with Crippen molar-refractivity contribution in [2.45, 2.75) is 12.6 Å². The van der Waals surface area contributed by atoms with Crippen LogP contribution in [0.4, 0.5) is 14.7 Å². The molecule has 2 aliphatic heterocycles. The molecule has 3 aromatic rings. The predicted molar refractivity (Wildman–Crippen MR) is 105 cm³/mol. The van der Waals surface area contributed by atoms with Gasteiger partial charge in [-0.2, -0.15) is 0 Å². The molecule has 1 atom stereocenters. The number of fused-ring (bicyclic) bond motifs is 5. The maximum absolute atomic E-state index is 14.7. The number of benzene rings is 2. The first-order valence-corrected chi connectivity index (χ1v) is 9.49. The minimum Gasteiger partial charge on any atom is -0.396 e. The van der Waals surface area contributed by atoms with Gasteiger partial charge in [0.25, 0.3) is 0 Å². The Hall–Kier alpha value is -3.04. The molecule has 7 nitrogen and oxygen atoms in total. The van der Waals surface area contributed by atoms with Gasteiger partial charge in [-0.3, -0.25) is 14.4 Å². The van der Waals surface area contributed by atoms with Gasteiger partial charge in [0, 0.05) is 24.8 Å². The van der Waals surface area contributed by atoms with E-state index in [1.165, 1.54) is 12.1 Å². The molecular weight excluding hydrogens is 378 g/mol. The fourth-order valence-electron chi connectivity index (χ4n) is 3.88. The highest BCUT2D eigenvalue weighted by atomic mass is 19.1. The number of para-hydroxylation sites is 2. The van der Waals surface area contributed by atoms with Gasteiger partial charge in [0.05, 0.1) is 24.4 Å². The molecule has 3 heterocycles. The minimum absolute atomic E-state index is 0.121. The number of nitrogens with zero attached hydrogens (tertiary/aromatic N) is 5. The molecule has 0 radical (unpaired) electrons. The van der Waals surface area contributed by atoms with Gasteiger partial charge in [-0.15, -0.1) is 0 Å². The zero-order valence-electron chi connectivity index (χ0n) is 15.6. The Bertz CT molecular complexity index is 1100. The lowest BCUT2D eigenvalue weighted by molar-refractivity contribution is 0.223. The molecule has 0 fully saturated rings. The number of rotatable bonds is 4. The highest BCUT2D eigenvalue weighted by Crippen LogP contribution is 2.34. The summed E-state index contributed by atoms with van der Waals surface area (Å²) >= 11 is 0. The fraction of sp³-hybridized carbons (Fsp3) is 0.300. The largest absolute Gasteiger partial charge is 0.396 e. The molecule has 2 aromatic carbocycles. The van der Waals surface area contributed by atoms with E-state index >= 15 is 0 Å². The average Bonchev–Trinajstić information content (AvgIpc) is 3.12. The molecule has 2 N–H and O–H groups in total. The molecule has 0 saturated heterocycles. The molecule has 0 unspecified atom stereocenters. The molecule has 5 rings (SSSR count). The van der Waals surface area contributed by atoms with E-state index in [4.69, 9.17) is 10.1 Å². The van der Waals surface area contributed by atoms with Gasteiger partial charge in [0.1, 0.15) is 17.8 Å². The van der Waals surface area contributed by atoms with Crippen molar-refractivity contribution in [3.8, 4) is 0 Å². The van der Waals surface area contributed by atoms with Crippen LogP contribution in [-0.4, -0.2) is 52.0 Å². The quantitative estimate of drug-likeness (QED) is 0.706. The van der Waals surface area contributed by atoms with Crippen LogP contribution >= 0.6 is 0 Å². The topological polar surface area (TPSA) is 68.9 Å². The van der Waals surface area contributed by atoms with Gasteiger partial charge < -0.3 is 10.4 Å². The van der Waals surface area contributed by atoms with Crippen molar-refractivity contribution in [2.24, 2.45) is 4.99 Å². The van der Waals surface area contributed by atoms with Crippen molar-refractivity contribution >= 4 is 22.9 Å². The Morgan fingerprint density at radius 3 is 2.86 bits per heavy atom. The number of anilines is 1. The summed E-state index contributed by atoms with van der Waals surface area (Å²) in [6, 6.07) is 11.2. The summed E-state index contributed by atoms with van der Waals surface area (Å²) < 4.78 is 30.1. The van der Waals surface area contributed by atoms with Crippen molar-refractivity contribution in [3.05, 3.63) is 59.7 Å². The lowest BCUT2D eigenvalue weighted by Crippen LogP contribution is -2.57. The van der Waals surface area contributed by atoms with Crippen LogP contribution in [-0.2, 0) is 0 Å². The SMILES string of the molecule is OCCCN1CN=C2N[C@@H](c3ccc(F)cc3F)n3c(nc4ccccc43)N2C1. The Morgan fingerprint density at radius 1 is 1.17 bits per heavy atom. The molecule has 0 amide bonds. The van der Waals surface area contributed by atoms with Crippen molar-refractivity contribution in [1.29, 1.82) is 0 Å². The number of halogens is 2. The van der Waals surface area contributed by atoms with E-state index in [1.807, 2.05) is 33.7 Å². The lowest BCUT2D eigenvalue weighted by atomic mass is 10.1. The molecule has 29 heavy (non-hydrogen) atoms. The summed E-state index contributed by atoms with van der Waals surface area (Å²) in [5.74, 6) is 0.00231. The maximum atomic E-state index is 14.7. The normalized spacial score (nSPS) is 18.9. The third-order valence-electron chi connectivity index (χ3n) is 5.25. The van der Waals surface area contributed by atoms with Crippen molar-refractivity contribution in [1.82, 2.24) is 19.8 Å². The van der Waals surface area contributed by atoms with E-state index in [9.17, 15) is 8.78 Å². The summed E-state index contributed by atoms with van der Waals surface area (Å²) in [4.78, 5) is 13.4. The first-order chi connectivity index (χ1) is 14.2. The van der Waals surface area contributed by atoms with Crippen molar-refractivity contribution in [2.75, 3.05) is 31.4 Å². The summed E-state index contributed by atoms with van der Waals surface area (Å²) in [6.07, 6.45) is 0.0587. The molecule has 2 aliphatic rings. The first-order valence-electron chi connectivity index (χ1n) is 9.49. The second kappa shape index (κ2) is 7.09. The highest BCUT2D eigenvalue weighted by molar-refractivity contribution is 5.98. The van der Waals surface area contributed by atoms with Crippen LogP contribution in [0.2, 0.25) is 0 Å². The first kappa shape index (κ1) is 18.0. The number of nitrogens with one attached hydrogen (secondary N) is 1. The standard InChI is InChI=1S/C20H20F2N6O/c21-13-6-7-14(15(22)10-13)18-25-19-23-11-26(8-3-9-29)12-27(19)20-24-16-4-1-2-5-17(16)28(18)20/h1-2,4-7,10,18,29H,3,8-9,11-12H2,(H,23,25)/t18-/m1/s1. The highest BCUT2D eigenvalue weighted by Gasteiger charge is 2.36. The number of aliphatic hydroxyl groups excluding tert-OH is 1. The number of hydrogen-bond donors (Lipinski definition) is 2. The van der Waals surface area contributed by atoms with Crippen LogP contribution in [0.1, 0.15) is 18.2 Å². The summed E-state index contributed by atoms with van der Waals surface area (Å²) in [5.41, 5.74) is 1.95. The summed E-state index contributed by atoms with van der Waals surface area (Å²) in [6.45, 7) is 1.85. The van der Waals surface area contributed by atoms with Gasteiger partial charge in [0.2, 0.25) is 11.9 Å². The molecule has 1 aromatic heterocycles. The summed E-state index contributed by atoms with van der Waals surface area (Å²) in [5, 5.41) is 12.4. The smallest absolute Gasteiger partial charge is 0.216 e. The number of aromatic nitrogens is 2. The van der Waals surface area contributed by atoms with E-state index in [1.54, 1.807) is 0 Å². The van der Waals surface area contributed by atoms with Gasteiger partial charge in [-0.25, -0.2) is 18.8 Å². The zero-order valence-corrected chi connectivity index (χ0v) is 15.6. The van der Waals surface area contributed by atoms with Gasteiger partial charge in [-0.1, -0.05) is 12.1 Å². The zero-order chi connectivity index (χ0) is 20.0. The Labute approximate surface area is 165 Å². The van der Waals surface area contributed by atoms with Crippen LogP contribution in [0.25, 0.3) is 11.0 Å². The van der Waals surface area contributed by atoms with Crippen LogP contribution in [0.5, 0.6) is 0 Å². The van der Waals surface area contributed by atoms with Crippen LogP contribution < -0.4 is 10.2 Å². The minimum atomic E-state index is -0.624.